The molecule has 0 bridgehead atoms. The van der Waals surface area contributed by atoms with Crippen LogP contribution in [0.15, 0.2) is 36.5 Å². The molecule has 0 heterocycles. The van der Waals surface area contributed by atoms with Crippen molar-refractivity contribution in [2.75, 3.05) is 19.8 Å². The molecule has 0 rings (SSSR count). The molecule has 24 heavy (non-hydrogen) atoms. The molecular formula is C21H38O3. The van der Waals surface area contributed by atoms with E-state index in [1.165, 1.54) is 44.9 Å². The Balaban J connectivity index is 3.28. The van der Waals surface area contributed by atoms with E-state index in [1.807, 2.05) is 0 Å². The van der Waals surface area contributed by atoms with Crippen molar-refractivity contribution in [3.05, 3.63) is 36.5 Å². The Labute approximate surface area is 149 Å². The minimum Gasteiger partial charge on any atom is -0.394 e. The second kappa shape index (κ2) is 20.1. The lowest BCUT2D eigenvalue weighted by molar-refractivity contribution is -0.0208. The van der Waals surface area contributed by atoms with Crippen molar-refractivity contribution in [2.45, 2.75) is 77.2 Å². The Morgan fingerprint density at radius 1 is 0.708 bits per heavy atom. The fraction of sp³-hybridized carbons (Fsp3) is 0.714. The second-order valence-electron chi connectivity index (χ2n) is 6.15. The zero-order valence-corrected chi connectivity index (χ0v) is 15.5. The Bertz CT molecular complexity index is 317. The molecule has 0 aromatic heterocycles. The average Bonchev–Trinajstić information content (AvgIpc) is 2.61. The first-order chi connectivity index (χ1) is 11.8. The lowest BCUT2D eigenvalue weighted by Gasteiger charge is -2.11. The summed E-state index contributed by atoms with van der Waals surface area (Å²) in [7, 11) is 0. The molecule has 0 aromatic carbocycles. The highest BCUT2D eigenvalue weighted by molar-refractivity contribution is 5.10. The molecule has 0 saturated carbocycles. The number of hydrogen-bond acceptors (Lipinski definition) is 3. The van der Waals surface area contributed by atoms with E-state index in [2.05, 4.69) is 43.4 Å². The van der Waals surface area contributed by atoms with Gasteiger partial charge < -0.3 is 14.9 Å². The van der Waals surface area contributed by atoms with Gasteiger partial charge in [0.2, 0.25) is 0 Å². The Morgan fingerprint density at radius 3 is 1.83 bits per heavy atom. The molecule has 0 aromatic rings. The van der Waals surface area contributed by atoms with Gasteiger partial charge in [-0.1, -0.05) is 81.9 Å². The van der Waals surface area contributed by atoms with Crippen LogP contribution in [0.1, 0.15) is 71.1 Å². The van der Waals surface area contributed by atoms with E-state index in [9.17, 15) is 0 Å². The van der Waals surface area contributed by atoms with Crippen molar-refractivity contribution in [1.29, 1.82) is 0 Å². The third kappa shape index (κ3) is 17.5. The summed E-state index contributed by atoms with van der Waals surface area (Å²) in [5, 5.41) is 17.7. The fourth-order valence-corrected chi connectivity index (χ4v) is 2.28. The van der Waals surface area contributed by atoms with Crippen LogP contribution < -0.4 is 0 Å². The first-order valence-corrected chi connectivity index (χ1v) is 9.66. The number of rotatable bonds is 17. The van der Waals surface area contributed by atoms with Crippen molar-refractivity contribution in [2.24, 2.45) is 0 Å². The van der Waals surface area contributed by atoms with Crippen molar-refractivity contribution in [3.8, 4) is 0 Å². The van der Waals surface area contributed by atoms with E-state index in [1.54, 1.807) is 0 Å². The third-order valence-electron chi connectivity index (χ3n) is 3.86. The summed E-state index contributed by atoms with van der Waals surface area (Å²) in [4.78, 5) is 0. The average molecular weight is 339 g/mol. The summed E-state index contributed by atoms with van der Waals surface area (Å²) >= 11 is 0. The zero-order chi connectivity index (χ0) is 17.7. The Hall–Kier alpha value is -0.900. The first kappa shape index (κ1) is 23.1. The monoisotopic (exact) mass is 338 g/mol. The highest BCUT2D eigenvalue weighted by atomic mass is 16.5. The normalized spacial score (nSPS) is 12.5. The minimum absolute atomic E-state index is 0.103. The summed E-state index contributed by atoms with van der Waals surface area (Å²) in [6.45, 7) is 2.64. The number of allylic oxidation sites excluding steroid dienone is 6. The van der Waals surface area contributed by atoms with Gasteiger partial charge in [0, 0.05) is 6.61 Å². The van der Waals surface area contributed by atoms with Crippen LogP contribution in [0.2, 0.25) is 0 Å². The van der Waals surface area contributed by atoms with Gasteiger partial charge in [-0.15, -0.1) is 0 Å². The minimum atomic E-state index is -0.405. The summed E-state index contributed by atoms with van der Waals surface area (Å²) in [5.41, 5.74) is 0. The standard InChI is InChI=1S/C21H38O3/c1-2-3-4-5-6-7-8-9-10-11-12-13-14-15-16-17-18-24-21(19-22)20-23/h5-10,21-23H,2-4,11-20H2,1H3/b6-5?,8-7+,10-9?. The van der Waals surface area contributed by atoms with Crippen molar-refractivity contribution < 1.29 is 14.9 Å². The second-order valence-corrected chi connectivity index (χ2v) is 6.15. The summed E-state index contributed by atoms with van der Waals surface area (Å²) < 4.78 is 5.34. The number of ether oxygens (including phenoxy) is 1. The predicted octanol–water partition coefficient (Wildman–Crippen LogP) is 4.95. The van der Waals surface area contributed by atoms with Gasteiger partial charge >= 0.3 is 0 Å². The molecule has 0 aliphatic heterocycles. The lowest BCUT2D eigenvalue weighted by atomic mass is 10.1. The van der Waals surface area contributed by atoms with Gasteiger partial charge in [-0.3, -0.25) is 0 Å². The van der Waals surface area contributed by atoms with Crippen LogP contribution in [0, 0.1) is 0 Å². The topological polar surface area (TPSA) is 49.7 Å². The van der Waals surface area contributed by atoms with Crippen LogP contribution in [0.4, 0.5) is 0 Å². The maximum absolute atomic E-state index is 8.86. The summed E-state index contributed by atoms with van der Waals surface area (Å²) in [6.07, 6.45) is 24.6. The SMILES string of the molecule is CCCCC=C/C=C/C=CCCCCCCCCOC(CO)CO. The van der Waals surface area contributed by atoms with Gasteiger partial charge in [-0.25, -0.2) is 0 Å². The molecule has 3 nitrogen and oxygen atoms in total. The van der Waals surface area contributed by atoms with Gasteiger partial charge in [-0.05, 0) is 25.7 Å². The number of aliphatic hydroxyl groups excluding tert-OH is 2. The molecule has 0 aliphatic rings. The van der Waals surface area contributed by atoms with Crippen molar-refractivity contribution in [1.82, 2.24) is 0 Å². The highest BCUT2D eigenvalue weighted by Gasteiger charge is 2.04. The first-order valence-electron chi connectivity index (χ1n) is 9.66. The number of unbranched alkanes of at least 4 members (excludes halogenated alkanes) is 8. The molecular weight excluding hydrogens is 300 g/mol. The van der Waals surface area contributed by atoms with E-state index in [0.717, 1.165) is 19.3 Å². The molecule has 0 fully saturated rings. The molecule has 0 spiro atoms. The molecule has 0 unspecified atom stereocenters. The Morgan fingerprint density at radius 2 is 1.25 bits per heavy atom. The lowest BCUT2D eigenvalue weighted by Crippen LogP contribution is -2.22. The quantitative estimate of drug-likeness (QED) is 0.291. The van der Waals surface area contributed by atoms with E-state index in [-0.39, 0.29) is 13.2 Å². The van der Waals surface area contributed by atoms with Crippen LogP contribution in [0.25, 0.3) is 0 Å². The van der Waals surface area contributed by atoms with Crippen molar-refractivity contribution in [3.63, 3.8) is 0 Å². The maximum Gasteiger partial charge on any atom is 0.104 e. The number of aliphatic hydroxyl groups is 2. The summed E-state index contributed by atoms with van der Waals surface area (Å²) in [5.74, 6) is 0. The molecule has 0 radical (unpaired) electrons. The van der Waals surface area contributed by atoms with E-state index in [4.69, 9.17) is 14.9 Å². The molecule has 0 aliphatic carbocycles. The van der Waals surface area contributed by atoms with Crippen LogP contribution in [0.3, 0.4) is 0 Å². The fourth-order valence-electron chi connectivity index (χ4n) is 2.28. The third-order valence-corrected chi connectivity index (χ3v) is 3.86. The smallest absolute Gasteiger partial charge is 0.104 e. The van der Waals surface area contributed by atoms with Crippen LogP contribution in [0.5, 0.6) is 0 Å². The van der Waals surface area contributed by atoms with Gasteiger partial charge in [0.25, 0.3) is 0 Å². The molecule has 0 atom stereocenters. The van der Waals surface area contributed by atoms with Gasteiger partial charge in [0.15, 0.2) is 0 Å². The van der Waals surface area contributed by atoms with Gasteiger partial charge in [0.05, 0.1) is 13.2 Å². The van der Waals surface area contributed by atoms with Crippen LogP contribution in [-0.2, 0) is 4.74 Å². The molecule has 140 valence electrons. The van der Waals surface area contributed by atoms with Crippen molar-refractivity contribution >= 4 is 0 Å². The highest BCUT2D eigenvalue weighted by Crippen LogP contribution is 2.08. The van der Waals surface area contributed by atoms with Crippen LogP contribution >= 0.6 is 0 Å². The maximum atomic E-state index is 8.86. The summed E-state index contributed by atoms with van der Waals surface area (Å²) in [6, 6.07) is 0. The molecule has 2 N–H and O–H groups in total. The molecule has 0 amide bonds. The van der Waals surface area contributed by atoms with E-state index < -0.39 is 6.10 Å². The van der Waals surface area contributed by atoms with E-state index in [0.29, 0.717) is 6.61 Å². The number of hydrogen-bond donors (Lipinski definition) is 2. The molecule has 0 saturated heterocycles. The zero-order valence-electron chi connectivity index (χ0n) is 15.5. The largest absolute Gasteiger partial charge is 0.394 e. The molecule has 3 heteroatoms. The van der Waals surface area contributed by atoms with E-state index >= 15 is 0 Å². The van der Waals surface area contributed by atoms with Crippen LogP contribution in [-0.4, -0.2) is 36.1 Å². The predicted molar refractivity (Wildman–Crippen MR) is 103 cm³/mol. The van der Waals surface area contributed by atoms with Gasteiger partial charge in [0.1, 0.15) is 6.10 Å². The van der Waals surface area contributed by atoms with Gasteiger partial charge in [-0.2, -0.15) is 0 Å². The Kier molecular flexibility index (Phi) is 19.4.